The van der Waals surface area contributed by atoms with E-state index in [1.807, 2.05) is 6.92 Å². The van der Waals surface area contributed by atoms with Gasteiger partial charge in [0.15, 0.2) is 0 Å². The largest absolute Gasteiger partial charge is 0.497 e. The van der Waals surface area contributed by atoms with E-state index in [1.165, 1.54) is 48.4 Å². The highest BCUT2D eigenvalue weighted by atomic mass is 32.2. The standard InChI is InChI=1S/C23H30FN3O5S/c1-5-14-25-23(29)17(2)26(15-18-6-8-19(24)9-7-18)22(28)16-27(33(4,30)31)20-10-12-21(32-3)13-11-20/h6-13,17H,5,14-16H2,1-4H3,(H,25,29)/t17-/m0/s1. The average molecular weight is 480 g/mol. The molecule has 1 atom stereocenters. The Morgan fingerprint density at radius 1 is 1.09 bits per heavy atom. The molecule has 2 aromatic carbocycles. The summed E-state index contributed by atoms with van der Waals surface area (Å²) in [6.07, 6.45) is 1.73. The molecule has 0 radical (unpaired) electrons. The predicted octanol–water partition coefficient (Wildman–Crippen LogP) is 2.54. The lowest BCUT2D eigenvalue weighted by Gasteiger charge is -2.31. The SMILES string of the molecule is CCCNC(=O)[C@H](C)N(Cc1ccc(F)cc1)C(=O)CN(c1ccc(OC)cc1)S(C)(=O)=O. The number of carbonyl (C=O) groups is 2. The fourth-order valence-corrected chi connectivity index (χ4v) is 3.98. The highest BCUT2D eigenvalue weighted by Crippen LogP contribution is 2.22. The molecular formula is C23H30FN3O5S. The summed E-state index contributed by atoms with van der Waals surface area (Å²) < 4.78 is 44.4. The van der Waals surface area contributed by atoms with Crippen LogP contribution in [0.15, 0.2) is 48.5 Å². The van der Waals surface area contributed by atoms with E-state index in [4.69, 9.17) is 4.74 Å². The van der Waals surface area contributed by atoms with Crippen LogP contribution >= 0.6 is 0 Å². The number of ether oxygens (including phenoxy) is 1. The van der Waals surface area contributed by atoms with E-state index in [0.717, 1.165) is 17.0 Å². The van der Waals surface area contributed by atoms with Crippen LogP contribution in [0.1, 0.15) is 25.8 Å². The van der Waals surface area contributed by atoms with Crippen LogP contribution < -0.4 is 14.4 Å². The molecule has 8 nitrogen and oxygen atoms in total. The van der Waals surface area contributed by atoms with E-state index in [-0.39, 0.29) is 18.1 Å². The van der Waals surface area contributed by atoms with Crippen molar-refractivity contribution in [2.24, 2.45) is 0 Å². The van der Waals surface area contributed by atoms with Crippen molar-refractivity contribution in [3.63, 3.8) is 0 Å². The predicted molar refractivity (Wildman–Crippen MR) is 125 cm³/mol. The number of hydrogen-bond acceptors (Lipinski definition) is 5. The van der Waals surface area contributed by atoms with Gasteiger partial charge in [0, 0.05) is 13.1 Å². The number of anilines is 1. The molecule has 0 aliphatic carbocycles. The van der Waals surface area contributed by atoms with Gasteiger partial charge in [0.25, 0.3) is 0 Å². The summed E-state index contributed by atoms with van der Waals surface area (Å²) in [4.78, 5) is 27.2. The van der Waals surface area contributed by atoms with E-state index in [9.17, 15) is 22.4 Å². The van der Waals surface area contributed by atoms with Gasteiger partial charge in [-0.2, -0.15) is 0 Å². The first kappa shape index (κ1) is 26.1. The first-order valence-corrected chi connectivity index (χ1v) is 12.3. The molecule has 33 heavy (non-hydrogen) atoms. The van der Waals surface area contributed by atoms with E-state index in [2.05, 4.69) is 5.32 Å². The van der Waals surface area contributed by atoms with Gasteiger partial charge < -0.3 is 15.0 Å². The summed E-state index contributed by atoms with van der Waals surface area (Å²) in [5, 5.41) is 2.75. The molecule has 0 saturated carbocycles. The lowest BCUT2D eigenvalue weighted by atomic mass is 10.1. The normalized spacial score (nSPS) is 12.0. The van der Waals surface area contributed by atoms with E-state index < -0.39 is 34.3 Å². The third kappa shape index (κ3) is 7.45. The highest BCUT2D eigenvalue weighted by molar-refractivity contribution is 7.92. The van der Waals surface area contributed by atoms with E-state index >= 15 is 0 Å². The maximum atomic E-state index is 13.3. The second-order valence-electron chi connectivity index (χ2n) is 7.58. The molecule has 180 valence electrons. The molecule has 0 bridgehead atoms. The van der Waals surface area contributed by atoms with Crippen LogP contribution in [-0.4, -0.2) is 57.6 Å². The van der Waals surface area contributed by atoms with Gasteiger partial charge in [-0.15, -0.1) is 0 Å². The van der Waals surface area contributed by atoms with Crippen LogP contribution in [-0.2, 0) is 26.2 Å². The van der Waals surface area contributed by atoms with Crippen molar-refractivity contribution in [1.29, 1.82) is 0 Å². The minimum Gasteiger partial charge on any atom is -0.497 e. The van der Waals surface area contributed by atoms with Crippen molar-refractivity contribution in [3.05, 3.63) is 59.9 Å². The molecule has 10 heteroatoms. The summed E-state index contributed by atoms with van der Waals surface area (Å²) >= 11 is 0. The number of carbonyl (C=O) groups excluding carboxylic acids is 2. The third-order valence-corrected chi connectivity index (χ3v) is 6.16. The number of nitrogens with one attached hydrogen (secondary N) is 1. The Morgan fingerprint density at radius 3 is 2.21 bits per heavy atom. The summed E-state index contributed by atoms with van der Waals surface area (Å²) in [5.74, 6) is -0.812. The van der Waals surface area contributed by atoms with Gasteiger partial charge in [-0.3, -0.25) is 13.9 Å². The number of halogens is 1. The first-order chi connectivity index (χ1) is 15.6. The van der Waals surface area contributed by atoms with Gasteiger partial charge in [0.1, 0.15) is 24.2 Å². The van der Waals surface area contributed by atoms with Gasteiger partial charge in [0.05, 0.1) is 19.1 Å². The van der Waals surface area contributed by atoms with Crippen molar-refractivity contribution in [3.8, 4) is 5.75 Å². The zero-order valence-electron chi connectivity index (χ0n) is 19.2. The van der Waals surface area contributed by atoms with E-state index in [0.29, 0.717) is 17.9 Å². The van der Waals surface area contributed by atoms with Crippen LogP contribution in [0.5, 0.6) is 5.75 Å². The second-order valence-corrected chi connectivity index (χ2v) is 9.49. The van der Waals surface area contributed by atoms with Crippen LogP contribution in [0.4, 0.5) is 10.1 Å². The molecule has 0 aromatic heterocycles. The fraction of sp³-hybridized carbons (Fsp3) is 0.391. The summed E-state index contributed by atoms with van der Waals surface area (Å²) in [6, 6.07) is 11.0. The fourth-order valence-electron chi connectivity index (χ4n) is 3.13. The van der Waals surface area contributed by atoms with Crippen molar-refractivity contribution < 1.29 is 27.1 Å². The van der Waals surface area contributed by atoms with Crippen LogP contribution in [0.3, 0.4) is 0 Å². The average Bonchev–Trinajstić information content (AvgIpc) is 2.79. The smallest absolute Gasteiger partial charge is 0.244 e. The number of methoxy groups -OCH3 is 1. The molecule has 0 unspecified atom stereocenters. The zero-order chi connectivity index (χ0) is 24.6. The molecule has 0 aliphatic rings. The van der Waals surface area contributed by atoms with E-state index in [1.54, 1.807) is 19.1 Å². The van der Waals surface area contributed by atoms with Crippen molar-refractivity contribution in [1.82, 2.24) is 10.2 Å². The molecule has 1 N–H and O–H groups in total. The second kappa shape index (κ2) is 11.6. The number of sulfonamides is 1. The van der Waals surface area contributed by atoms with Gasteiger partial charge in [0.2, 0.25) is 21.8 Å². The summed E-state index contributed by atoms with van der Waals surface area (Å²) in [5.41, 5.74) is 0.895. The lowest BCUT2D eigenvalue weighted by molar-refractivity contribution is -0.139. The Bertz CT molecular complexity index is 1040. The third-order valence-electron chi connectivity index (χ3n) is 5.02. The number of hydrogen-bond donors (Lipinski definition) is 1. The monoisotopic (exact) mass is 479 g/mol. The molecule has 0 aliphatic heterocycles. The maximum Gasteiger partial charge on any atom is 0.244 e. The van der Waals surface area contributed by atoms with Gasteiger partial charge >= 0.3 is 0 Å². The number of rotatable bonds is 11. The Hall–Kier alpha value is -3.14. The Morgan fingerprint density at radius 2 is 1.70 bits per heavy atom. The van der Waals surface area contributed by atoms with Crippen LogP contribution in [0, 0.1) is 5.82 Å². The van der Waals surface area contributed by atoms with Gasteiger partial charge in [-0.25, -0.2) is 12.8 Å². The molecule has 2 rings (SSSR count). The van der Waals surface area contributed by atoms with Crippen LogP contribution in [0.25, 0.3) is 0 Å². The van der Waals surface area contributed by atoms with Crippen molar-refractivity contribution in [2.75, 3.05) is 30.8 Å². The Labute approximate surface area is 194 Å². The quantitative estimate of drug-likeness (QED) is 0.534. The first-order valence-electron chi connectivity index (χ1n) is 10.5. The molecule has 2 amide bonds. The number of nitrogens with zero attached hydrogens (tertiary/aromatic N) is 2. The highest BCUT2D eigenvalue weighted by Gasteiger charge is 2.30. The molecule has 0 spiro atoms. The maximum absolute atomic E-state index is 13.3. The zero-order valence-corrected chi connectivity index (χ0v) is 20.1. The molecular weight excluding hydrogens is 449 g/mol. The Kier molecular flexibility index (Phi) is 9.22. The summed E-state index contributed by atoms with van der Waals surface area (Å²) in [7, 11) is -2.32. The molecule has 2 aromatic rings. The molecule has 0 saturated heterocycles. The van der Waals surface area contributed by atoms with Gasteiger partial charge in [-0.05, 0) is 55.3 Å². The van der Waals surface area contributed by atoms with Crippen LogP contribution in [0.2, 0.25) is 0 Å². The minimum absolute atomic E-state index is 0.0139. The lowest BCUT2D eigenvalue weighted by Crippen LogP contribution is -2.51. The van der Waals surface area contributed by atoms with Crippen molar-refractivity contribution >= 4 is 27.5 Å². The minimum atomic E-state index is -3.81. The topological polar surface area (TPSA) is 96.0 Å². The summed E-state index contributed by atoms with van der Waals surface area (Å²) in [6.45, 7) is 3.44. The van der Waals surface area contributed by atoms with Gasteiger partial charge in [-0.1, -0.05) is 19.1 Å². The van der Waals surface area contributed by atoms with Crippen molar-refractivity contribution in [2.45, 2.75) is 32.9 Å². The number of benzene rings is 2. The Balaban J connectivity index is 2.34. The number of amides is 2. The molecule has 0 heterocycles. The molecule has 0 fully saturated rings.